The standard InChI is InChI=1S/C18H22N4O4/c1-12(23)21-8-10-22(11-9-21)16(24)7-6-15-18(26)19-14-5-3-2-4-13(14)17(25)20-15/h2-5,15H,6-11H2,1H3,(H,19,26)(H,20,25)/t15-/m1/s1. The number of piperazine rings is 1. The molecule has 1 atom stereocenters. The number of amides is 4. The molecule has 138 valence electrons. The molecule has 1 aromatic rings. The first kappa shape index (κ1) is 17.9. The molecule has 0 radical (unpaired) electrons. The van der Waals surface area contributed by atoms with Gasteiger partial charge in [-0.05, 0) is 18.6 Å². The molecular formula is C18H22N4O4. The fourth-order valence-electron chi connectivity index (χ4n) is 3.21. The molecule has 8 nitrogen and oxygen atoms in total. The van der Waals surface area contributed by atoms with Gasteiger partial charge in [0.1, 0.15) is 6.04 Å². The van der Waals surface area contributed by atoms with Crippen LogP contribution >= 0.6 is 0 Å². The number of anilines is 1. The molecule has 0 saturated carbocycles. The van der Waals surface area contributed by atoms with E-state index >= 15 is 0 Å². The zero-order chi connectivity index (χ0) is 18.7. The highest BCUT2D eigenvalue weighted by Gasteiger charge is 2.29. The Kier molecular flexibility index (Phi) is 5.20. The first-order chi connectivity index (χ1) is 12.5. The van der Waals surface area contributed by atoms with Crippen LogP contribution in [0.5, 0.6) is 0 Å². The number of nitrogens with zero attached hydrogens (tertiary/aromatic N) is 2. The minimum Gasteiger partial charge on any atom is -0.340 e. The molecule has 0 bridgehead atoms. The smallest absolute Gasteiger partial charge is 0.254 e. The Bertz CT molecular complexity index is 740. The van der Waals surface area contributed by atoms with Gasteiger partial charge in [-0.1, -0.05) is 12.1 Å². The lowest BCUT2D eigenvalue weighted by Crippen LogP contribution is -2.50. The van der Waals surface area contributed by atoms with E-state index < -0.39 is 6.04 Å². The van der Waals surface area contributed by atoms with Gasteiger partial charge < -0.3 is 20.4 Å². The molecule has 3 rings (SSSR count). The molecule has 0 spiro atoms. The van der Waals surface area contributed by atoms with Crippen molar-refractivity contribution in [2.75, 3.05) is 31.5 Å². The highest BCUT2D eigenvalue weighted by atomic mass is 16.2. The zero-order valence-corrected chi connectivity index (χ0v) is 14.7. The van der Waals surface area contributed by atoms with E-state index in [1.165, 1.54) is 6.92 Å². The van der Waals surface area contributed by atoms with Crippen LogP contribution in [0.2, 0.25) is 0 Å². The maximum atomic E-state index is 12.4. The van der Waals surface area contributed by atoms with Crippen LogP contribution in [-0.4, -0.2) is 65.6 Å². The molecule has 26 heavy (non-hydrogen) atoms. The molecule has 2 N–H and O–H groups in total. The Labute approximate surface area is 151 Å². The van der Waals surface area contributed by atoms with E-state index in [1.807, 2.05) is 0 Å². The largest absolute Gasteiger partial charge is 0.340 e. The van der Waals surface area contributed by atoms with E-state index in [-0.39, 0.29) is 36.5 Å². The third-order valence-electron chi connectivity index (χ3n) is 4.78. The van der Waals surface area contributed by atoms with Gasteiger partial charge in [-0.2, -0.15) is 0 Å². The van der Waals surface area contributed by atoms with Gasteiger partial charge in [0.2, 0.25) is 17.7 Å². The van der Waals surface area contributed by atoms with Gasteiger partial charge in [0.05, 0.1) is 11.3 Å². The molecule has 1 aromatic carbocycles. The Morgan fingerprint density at radius 2 is 1.73 bits per heavy atom. The summed E-state index contributed by atoms with van der Waals surface area (Å²) >= 11 is 0. The summed E-state index contributed by atoms with van der Waals surface area (Å²) in [5, 5.41) is 5.42. The van der Waals surface area contributed by atoms with Crippen LogP contribution in [0.3, 0.4) is 0 Å². The molecule has 1 saturated heterocycles. The number of hydrogen-bond donors (Lipinski definition) is 2. The number of carbonyl (C=O) groups is 4. The van der Waals surface area contributed by atoms with Crippen molar-refractivity contribution in [2.45, 2.75) is 25.8 Å². The molecule has 0 aromatic heterocycles. The lowest BCUT2D eigenvalue weighted by molar-refractivity contribution is -0.138. The molecule has 1 fully saturated rings. The third kappa shape index (κ3) is 3.84. The van der Waals surface area contributed by atoms with E-state index in [2.05, 4.69) is 10.6 Å². The second-order valence-electron chi connectivity index (χ2n) is 6.49. The van der Waals surface area contributed by atoms with Crippen molar-refractivity contribution in [3.05, 3.63) is 29.8 Å². The SMILES string of the molecule is CC(=O)N1CCN(C(=O)CC[C@H]2NC(=O)c3ccccc3NC2=O)CC1. The van der Waals surface area contributed by atoms with Crippen molar-refractivity contribution in [3.63, 3.8) is 0 Å². The molecule has 2 aliphatic rings. The summed E-state index contributed by atoms with van der Waals surface area (Å²) in [5.74, 6) is -0.713. The minimum absolute atomic E-state index is 0.00880. The predicted molar refractivity (Wildman–Crippen MR) is 94.4 cm³/mol. The average molecular weight is 358 g/mol. The first-order valence-corrected chi connectivity index (χ1v) is 8.70. The zero-order valence-electron chi connectivity index (χ0n) is 14.7. The summed E-state index contributed by atoms with van der Waals surface area (Å²) in [7, 11) is 0. The van der Waals surface area contributed by atoms with Crippen LogP contribution in [0, 0.1) is 0 Å². The summed E-state index contributed by atoms with van der Waals surface area (Å²) < 4.78 is 0. The normalized spacial score (nSPS) is 20.0. The number of nitrogens with one attached hydrogen (secondary N) is 2. The van der Waals surface area contributed by atoms with Crippen molar-refractivity contribution < 1.29 is 19.2 Å². The quantitative estimate of drug-likeness (QED) is 0.807. The number of rotatable bonds is 3. The molecule has 2 heterocycles. The molecule has 8 heteroatoms. The van der Waals surface area contributed by atoms with Crippen molar-refractivity contribution in [1.29, 1.82) is 0 Å². The number of para-hydroxylation sites is 1. The van der Waals surface area contributed by atoms with E-state index in [9.17, 15) is 19.2 Å². The van der Waals surface area contributed by atoms with Crippen LogP contribution < -0.4 is 10.6 Å². The summed E-state index contributed by atoms with van der Waals surface area (Å²) in [6.45, 7) is 3.55. The Balaban J connectivity index is 1.55. The maximum Gasteiger partial charge on any atom is 0.254 e. The fraction of sp³-hybridized carbons (Fsp3) is 0.444. The Morgan fingerprint density at radius 1 is 1.08 bits per heavy atom. The van der Waals surface area contributed by atoms with Gasteiger partial charge in [-0.15, -0.1) is 0 Å². The third-order valence-corrected chi connectivity index (χ3v) is 4.78. The van der Waals surface area contributed by atoms with E-state index in [0.717, 1.165) is 0 Å². The fourth-order valence-corrected chi connectivity index (χ4v) is 3.21. The minimum atomic E-state index is -0.752. The summed E-state index contributed by atoms with van der Waals surface area (Å²) in [6, 6.07) is 6.05. The summed E-state index contributed by atoms with van der Waals surface area (Å²) in [4.78, 5) is 51.7. The average Bonchev–Trinajstić information content (AvgIpc) is 2.76. The van der Waals surface area contributed by atoms with Crippen molar-refractivity contribution >= 4 is 29.3 Å². The van der Waals surface area contributed by atoms with Gasteiger partial charge >= 0.3 is 0 Å². The van der Waals surface area contributed by atoms with Gasteiger partial charge in [0.25, 0.3) is 5.91 Å². The monoisotopic (exact) mass is 358 g/mol. The number of benzene rings is 1. The predicted octanol–water partition coefficient (Wildman–Crippen LogP) is 0.208. The second kappa shape index (κ2) is 7.55. The highest BCUT2D eigenvalue weighted by molar-refractivity contribution is 6.09. The Hall–Kier alpha value is -2.90. The van der Waals surface area contributed by atoms with Crippen LogP contribution in [0.1, 0.15) is 30.1 Å². The number of hydrogen-bond acceptors (Lipinski definition) is 4. The van der Waals surface area contributed by atoms with E-state index in [1.54, 1.807) is 34.1 Å². The number of carbonyl (C=O) groups excluding carboxylic acids is 4. The maximum absolute atomic E-state index is 12.4. The van der Waals surface area contributed by atoms with Crippen molar-refractivity contribution in [1.82, 2.24) is 15.1 Å². The number of fused-ring (bicyclic) bond motifs is 1. The topological polar surface area (TPSA) is 98.8 Å². The van der Waals surface area contributed by atoms with E-state index in [4.69, 9.17) is 0 Å². The van der Waals surface area contributed by atoms with Crippen molar-refractivity contribution in [3.8, 4) is 0 Å². The molecule has 0 aliphatic carbocycles. The van der Waals surface area contributed by atoms with Crippen molar-refractivity contribution in [2.24, 2.45) is 0 Å². The summed E-state index contributed by atoms with van der Waals surface area (Å²) in [5.41, 5.74) is 0.888. The van der Waals surface area contributed by atoms with Crippen LogP contribution in [0.4, 0.5) is 5.69 Å². The van der Waals surface area contributed by atoms with Crippen LogP contribution in [0.15, 0.2) is 24.3 Å². The summed E-state index contributed by atoms with van der Waals surface area (Å²) in [6.07, 6.45) is 0.395. The molecule has 4 amide bonds. The highest BCUT2D eigenvalue weighted by Crippen LogP contribution is 2.19. The van der Waals surface area contributed by atoms with Gasteiger partial charge in [0, 0.05) is 39.5 Å². The van der Waals surface area contributed by atoms with Gasteiger partial charge in [0.15, 0.2) is 0 Å². The first-order valence-electron chi connectivity index (χ1n) is 8.70. The van der Waals surface area contributed by atoms with Crippen LogP contribution in [0.25, 0.3) is 0 Å². The van der Waals surface area contributed by atoms with Gasteiger partial charge in [-0.3, -0.25) is 19.2 Å². The second-order valence-corrected chi connectivity index (χ2v) is 6.49. The molecule has 0 unspecified atom stereocenters. The van der Waals surface area contributed by atoms with Crippen LogP contribution in [-0.2, 0) is 14.4 Å². The Morgan fingerprint density at radius 3 is 2.42 bits per heavy atom. The molecular weight excluding hydrogens is 336 g/mol. The molecule has 2 aliphatic heterocycles. The lowest BCUT2D eigenvalue weighted by Gasteiger charge is -2.34. The van der Waals surface area contributed by atoms with E-state index in [0.29, 0.717) is 37.4 Å². The van der Waals surface area contributed by atoms with Gasteiger partial charge in [-0.25, -0.2) is 0 Å². The lowest BCUT2D eigenvalue weighted by atomic mass is 10.1.